The zero-order chi connectivity index (χ0) is 27.2. The summed E-state index contributed by atoms with van der Waals surface area (Å²) >= 11 is 0. The summed E-state index contributed by atoms with van der Waals surface area (Å²) in [7, 11) is -4.07. The fraction of sp³-hybridized carbons (Fsp3) is 0.310. The molecule has 0 spiro atoms. The molecular formula is C29H35N3O4S. The molecule has 0 heterocycles. The van der Waals surface area contributed by atoms with Crippen molar-refractivity contribution in [3.8, 4) is 0 Å². The average Bonchev–Trinajstić information content (AvgIpc) is 2.88. The molecule has 3 aromatic carbocycles. The second kappa shape index (κ2) is 12.1. The Bertz CT molecular complexity index is 1340. The number of aryl methyl sites for hydroxylation is 3. The molecule has 1 atom stereocenters. The van der Waals surface area contributed by atoms with Crippen LogP contribution < -0.4 is 9.62 Å². The molecule has 0 bridgehead atoms. The summed E-state index contributed by atoms with van der Waals surface area (Å²) in [4.78, 5) is 28.2. The molecule has 0 aliphatic heterocycles. The minimum atomic E-state index is -4.07. The molecule has 37 heavy (non-hydrogen) atoms. The number of carbonyl (C=O) groups is 2. The van der Waals surface area contributed by atoms with Gasteiger partial charge in [0.1, 0.15) is 12.6 Å². The summed E-state index contributed by atoms with van der Waals surface area (Å²) in [6, 6.07) is 20.5. The number of sulfonamides is 1. The van der Waals surface area contributed by atoms with Gasteiger partial charge in [0, 0.05) is 13.1 Å². The predicted molar refractivity (Wildman–Crippen MR) is 147 cm³/mol. The molecule has 2 amide bonds. The lowest BCUT2D eigenvalue weighted by Crippen LogP contribution is -2.51. The molecular weight excluding hydrogens is 486 g/mol. The Morgan fingerprint density at radius 2 is 1.51 bits per heavy atom. The first-order chi connectivity index (χ1) is 17.5. The van der Waals surface area contributed by atoms with Crippen molar-refractivity contribution in [1.82, 2.24) is 10.2 Å². The summed E-state index contributed by atoms with van der Waals surface area (Å²) in [6.07, 6.45) is 0. The maximum Gasteiger partial charge on any atom is 0.264 e. The second-order valence-corrected chi connectivity index (χ2v) is 11.1. The van der Waals surface area contributed by atoms with Crippen molar-refractivity contribution in [3.63, 3.8) is 0 Å². The number of hydrogen-bond acceptors (Lipinski definition) is 4. The zero-order valence-electron chi connectivity index (χ0n) is 22.1. The third-order valence-electron chi connectivity index (χ3n) is 6.24. The number of likely N-dealkylation sites (N-methyl/N-ethyl adjacent to an activating group) is 1. The SMILES string of the molecule is CCNC(=O)C(C)N(Cc1ccc(C)cc1)C(=O)CN(c1cc(C)ccc1C)S(=O)(=O)c1ccccc1. The van der Waals surface area contributed by atoms with Gasteiger partial charge in [-0.2, -0.15) is 0 Å². The first kappa shape index (κ1) is 27.9. The van der Waals surface area contributed by atoms with E-state index in [2.05, 4.69) is 5.32 Å². The van der Waals surface area contributed by atoms with Gasteiger partial charge in [-0.3, -0.25) is 13.9 Å². The number of rotatable bonds is 10. The van der Waals surface area contributed by atoms with Gasteiger partial charge in [-0.25, -0.2) is 8.42 Å². The molecule has 0 aliphatic rings. The number of anilines is 1. The van der Waals surface area contributed by atoms with Gasteiger partial charge in [0.2, 0.25) is 11.8 Å². The van der Waals surface area contributed by atoms with Crippen molar-refractivity contribution < 1.29 is 18.0 Å². The molecule has 1 unspecified atom stereocenters. The standard InChI is InChI=1S/C29H35N3O4S/c1-6-30-29(34)24(5)31(19-25-16-13-21(2)14-17-25)28(33)20-32(27-18-22(3)12-15-23(27)4)37(35,36)26-10-8-7-9-11-26/h7-18,24H,6,19-20H2,1-5H3,(H,30,34). The molecule has 0 saturated heterocycles. The van der Waals surface area contributed by atoms with E-state index in [0.29, 0.717) is 12.2 Å². The molecule has 8 heteroatoms. The van der Waals surface area contributed by atoms with Crippen molar-refractivity contribution in [2.75, 3.05) is 17.4 Å². The van der Waals surface area contributed by atoms with E-state index in [1.54, 1.807) is 31.2 Å². The van der Waals surface area contributed by atoms with Crippen LogP contribution in [0.25, 0.3) is 0 Å². The van der Waals surface area contributed by atoms with Crippen molar-refractivity contribution in [3.05, 3.63) is 95.1 Å². The van der Waals surface area contributed by atoms with Crippen molar-refractivity contribution in [1.29, 1.82) is 0 Å². The highest BCUT2D eigenvalue weighted by molar-refractivity contribution is 7.92. The molecule has 0 radical (unpaired) electrons. The van der Waals surface area contributed by atoms with Crippen LogP contribution in [0.4, 0.5) is 5.69 Å². The van der Waals surface area contributed by atoms with Gasteiger partial charge in [-0.05, 0) is 69.5 Å². The van der Waals surface area contributed by atoms with Crippen LogP contribution >= 0.6 is 0 Å². The number of carbonyl (C=O) groups excluding carboxylic acids is 2. The Hall–Kier alpha value is -3.65. The highest BCUT2D eigenvalue weighted by atomic mass is 32.2. The van der Waals surface area contributed by atoms with Gasteiger partial charge in [0.25, 0.3) is 10.0 Å². The fourth-order valence-electron chi connectivity index (χ4n) is 4.02. The third-order valence-corrected chi connectivity index (χ3v) is 8.01. The Balaban J connectivity index is 2.05. The Kier molecular flexibility index (Phi) is 9.10. The molecule has 196 valence electrons. The summed E-state index contributed by atoms with van der Waals surface area (Å²) in [5.41, 5.74) is 3.94. The molecule has 0 saturated carbocycles. The monoisotopic (exact) mass is 521 g/mol. The van der Waals surface area contributed by atoms with Crippen LogP contribution in [0.3, 0.4) is 0 Å². The summed E-state index contributed by atoms with van der Waals surface area (Å²) in [5.74, 6) is -0.771. The van der Waals surface area contributed by atoms with Gasteiger partial charge in [-0.15, -0.1) is 0 Å². The van der Waals surface area contributed by atoms with Crippen molar-refractivity contribution in [2.45, 2.75) is 52.1 Å². The molecule has 0 aromatic heterocycles. The third kappa shape index (κ3) is 6.77. The van der Waals surface area contributed by atoms with E-state index >= 15 is 0 Å². The quantitative estimate of drug-likeness (QED) is 0.430. The zero-order valence-corrected chi connectivity index (χ0v) is 22.9. The van der Waals surface area contributed by atoms with Gasteiger partial charge >= 0.3 is 0 Å². The van der Waals surface area contributed by atoms with Crippen molar-refractivity contribution in [2.24, 2.45) is 0 Å². The molecule has 0 fully saturated rings. The van der Waals surface area contributed by atoms with E-state index in [4.69, 9.17) is 0 Å². The Morgan fingerprint density at radius 1 is 0.892 bits per heavy atom. The molecule has 7 nitrogen and oxygen atoms in total. The van der Waals surface area contributed by atoms with Gasteiger partial charge < -0.3 is 10.2 Å². The highest BCUT2D eigenvalue weighted by Gasteiger charge is 2.33. The number of nitrogens with one attached hydrogen (secondary N) is 1. The summed E-state index contributed by atoms with van der Waals surface area (Å²) < 4.78 is 28.8. The van der Waals surface area contributed by atoms with Gasteiger partial charge in [0.15, 0.2) is 0 Å². The average molecular weight is 522 g/mol. The smallest absolute Gasteiger partial charge is 0.264 e. The van der Waals surface area contributed by atoms with E-state index in [1.807, 2.05) is 64.1 Å². The van der Waals surface area contributed by atoms with Crippen LogP contribution in [0.15, 0.2) is 77.7 Å². The lowest BCUT2D eigenvalue weighted by atomic mass is 10.1. The lowest BCUT2D eigenvalue weighted by molar-refractivity contribution is -0.139. The normalized spacial score (nSPS) is 12.0. The second-order valence-electron chi connectivity index (χ2n) is 9.19. The largest absolute Gasteiger partial charge is 0.355 e. The van der Waals surface area contributed by atoms with Crippen molar-refractivity contribution >= 4 is 27.5 Å². The van der Waals surface area contributed by atoms with Gasteiger partial charge in [0.05, 0.1) is 10.6 Å². The lowest BCUT2D eigenvalue weighted by Gasteiger charge is -2.32. The van der Waals surface area contributed by atoms with Crippen LogP contribution in [0.2, 0.25) is 0 Å². The molecule has 0 aliphatic carbocycles. The highest BCUT2D eigenvalue weighted by Crippen LogP contribution is 2.28. The van der Waals surface area contributed by atoms with Crippen LogP contribution in [-0.4, -0.2) is 44.3 Å². The first-order valence-corrected chi connectivity index (χ1v) is 13.8. The minimum Gasteiger partial charge on any atom is -0.355 e. The molecule has 1 N–H and O–H groups in total. The molecule has 3 aromatic rings. The maximum absolute atomic E-state index is 13.9. The summed E-state index contributed by atoms with van der Waals surface area (Å²) in [5, 5.41) is 2.77. The molecule has 3 rings (SSSR count). The Morgan fingerprint density at radius 3 is 2.14 bits per heavy atom. The summed E-state index contributed by atoms with van der Waals surface area (Å²) in [6.45, 7) is 9.28. The van der Waals surface area contributed by atoms with E-state index in [9.17, 15) is 18.0 Å². The fourth-order valence-corrected chi connectivity index (χ4v) is 5.51. The van der Waals surface area contributed by atoms with Crippen LogP contribution in [0, 0.1) is 20.8 Å². The number of amides is 2. The van der Waals surface area contributed by atoms with E-state index in [1.165, 1.54) is 17.0 Å². The first-order valence-electron chi connectivity index (χ1n) is 12.3. The number of benzene rings is 3. The predicted octanol–water partition coefficient (Wildman–Crippen LogP) is 4.36. The topological polar surface area (TPSA) is 86.8 Å². The number of hydrogen-bond donors (Lipinski definition) is 1. The van der Waals surface area contributed by atoms with E-state index in [-0.39, 0.29) is 17.3 Å². The minimum absolute atomic E-state index is 0.0885. The van der Waals surface area contributed by atoms with Crippen LogP contribution in [0.1, 0.15) is 36.1 Å². The Labute approximate surface area is 220 Å². The maximum atomic E-state index is 13.9. The number of nitrogens with zero attached hydrogens (tertiary/aromatic N) is 2. The van der Waals surface area contributed by atoms with Crippen LogP contribution in [0.5, 0.6) is 0 Å². The van der Waals surface area contributed by atoms with E-state index in [0.717, 1.165) is 26.6 Å². The van der Waals surface area contributed by atoms with E-state index < -0.39 is 28.5 Å². The van der Waals surface area contributed by atoms with Gasteiger partial charge in [-0.1, -0.05) is 60.2 Å². The van der Waals surface area contributed by atoms with Crippen LogP contribution in [-0.2, 0) is 26.2 Å².